The number of pyridine rings is 1. The minimum absolute atomic E-state index is 0.0366. The summed E-state index contributed by atoms with van der Waals surface area (Å²) in [5.41, 5.74) is 1.79. The van der Waals surface area contributed by atoms with Gasteiger partial charge in [0.15, 0.2) is 0 Å². The van der Waals surface area contributed by atoms with Crippen molar-refractivity contribution in [2.45, 2.75) is 18.9 Å². The minimum Gasteiger partial charge on any atom is -0.344 e. The molecule has 0 unspecified atom stereocenters. The Balaban J connectivity index is 1.78. The molecule has 1 saturated heterocycles. The number of carbonyl (C=O) groups excluding carboxylic acids is 2. The van der Waals surface area contributed by atoms with Crippen molar-refractivity contribution in [2.24, 2.45) is 0 Å². The van der Waals surface area contributed by atoms with Gasteiger partial charge in [0.1, 0.15) is 0 Å². The first kappa shape index (κ1) is 16.5. The third-order valence-electron chi connectivity index (χ3n) is 4.03. The van der Waals surface area contributed by atoms with Gasteiger partial charge in [-0.1, -0.05) is 29.8 Å². The third kappa shape index (κ3) is 3.92. The Morgan fingerprint density at radius 3 is 2.67 bits per heavy atom. The van der Waals surface area contributed by atoms with Gasteiger partial charge in [0, 0.05) is 30.4 Å². The molecule has 124 valence electrons. The lowest BCUT2D eigenvalue weighted by Crippen LogP contribution is -2.39. The minimum atomic E-state index is -0.332. The maximum atomic E-state index is 12.4. The van der Waals surface area contributed by atoms with Crippen LogP contribution in [0.1, 0.15) is 30.0 Å². The topological polar surface area (TPSA) is 62.3 Å². The first-order chi connectivity index (χ1) is 11.6. The number of amides is 2. The lowest BCUT2D eigenvalue weighted by atomic mass is 10.00. The predicted octanol–water partition coefficient (Wildman–Crippen LogP) is 2.56. The Bertz CT molecular complexity index is 719. The number of nitrogens with zero attached hydrogens (tertiary/aromatic N) is 2. The van der Waals surface area contributed by atoms with Crippen molar-refractivity contribution >= 4 is 23.4 Å². The third-order valence-corrected chi connectivity index (χ3v) is 4.28. The van der Waals surface area contributed by atoms with Gasteiger partial charge >= 0.3 is 0 Å². The van der Waals surface area contributed by atoms with E-state index in [2.05, 4.69) is 10.3 Å². The van der Waals surface area contributed by atoms with Gasteiger partial charge in [-0.15, -0.1) is 0 Å². The van der Waals surface area contributed by atoms with E-state index in [0.717, 1.165) is 17.5 Å². The van der Waals surface area contributed by atoms with E-state index in [-0.39, 0.29) is 24.4 Å². The summed E-state index contributed by atoms with van der Waals surface area (Å²) in [6.45, 7) is 0.730. The van der Waals surface area contributed by atoms with Gasteiger partial charge in [-0.25, -0.2) is 0 Å². The Labute approximate surface area is 145 Å². The molecule has 0 spiro atoms. The summed E-state index contributed by atoms with van der Waals surface area (Å²) in [5.74, 6) is -0.149. The molecule has 24 heavy (non-hydrogen) atoms. The standard InChI is InChI=1S/C18H18ClN3O2/c19-15-7-5-13(6-8-15)18(14-3-1-9-20-11-14)21-16(23)12-22-10-2-4-17(22)24/h1,3,5-9,11,18H,2,4,10,12H2,(H,21,23)/t18-/m1/s1. The molecule has 2 heterocycles. The molecule has 1 N–H and O–H groups in total. The van der Waals surface area contributed by atoms with Crippen LogP contribution in [-0.2, 0) is 9.59 Å². The molecule has 2 amide bonds. The van der Waals surface area contributed by atoms with Gasteiger partial charge < -0.3 is 10.2 Å². The molecule has 1 aromatic heterocycles. The van der Waals surface area contributed by atoms with Crippen LogP contribution < -0.4 is 5.32 Å². The Morgan fingerprint density at radius 2 is 2.04 bits per heavy atom. The van der Waals surface area contributed by atoms with E-state index < -0.39 is 0 Å². The fourth-order valence-corrected chi connectivity index (χ4v) is 2.94. The van der Waals surface area contributed by atoms with E-state index in [1.54, 1.807) is 29.4 Å². The van der Waals surface area contributed by atoms with Gasteiger partial charge in [0.2, 0.25) is 11.8 Å². The monoisotopic (exact) mass is 343 g/mol. The summed E-state index contributed by atoms with van der Waals surface area (Å²) in [4.78, 5) is 29.8. The van der Waals surface area contributed by atoms with Gasteiger partial charge in [-0.2, -0.15) is 0 Å². The molecule has 0 bridgehead atoms. The molecule has 1 fully saturated rings. The van der Waals surface area contributed by atoms with Crippen LogP contribution in [0.3, 0.4) is 0 Å². The number of benzene rings is 1. The zero-order valence-electron chi connectivity index (χ0n) is 13.1. The number of hydrogen-bond acceptors (Lipinski definition) is 3. The Hall–Kier alpha value is -2.40. The molecule has 0 aliphatic carbocycles. The van der Waals surface area contributed by atoms with Crippen LogP contribution in [0.4, 0.5) is 0 Å². The van der Waals surface area contributed by atoms with Crippen molar-refractivity contribution in [2.75, 3.05) is 13.1 Å². The van der Waals surface area contributed by atoms with Crippen LogP contribution in [0.2, 0.25) is 5.02 Å². The second-order valence-corrected chi connectivity index (χ2v) is 6.19. The molecule has 5 nitrogen and oxygen atoms in total. The average Bonchev–Trinajstić information content (AvgIpc) is 2.99. The Morgan fingerprint density at radius 1 is 1.25 bits per heavy atom. The summed E-state index contributed by atoms with van der Waals surface area (Å²) >= 11 is 5.95. The predicted molar refractivity (Wildman–Crippen MR) is 91.5 cm³/mol. The Kier molecular flexibility index (Phi) is 5.11. The summed E-state index contributed by atoms with van der Waals surface area (Å²) < 4.78 is 0. The van der Waals surface area contributed by atoms with Crippen molar-refractivity contribution in [1.82, 2.24) is 15.2 Å². The second kappa shape index (κ2) is 7.45. The van der Waals surface area contributed by atoms with Gasteiger partial charge in [0.25, 0.3) is 0 Å². The smallest absolute Gasteiger partial charge is 0.240 e. The first-order valence-corrected chi connectivity index (χ1v) is 8.24. The molecule has 1 atom stereocenters. The van der Waals surface area contributed by atoms with Crippen molar-refractivity contribution < 1.29 is 9.59 Å². The number of likely N-dealkylation sites (tertiary alicyclic amines) is 1. The SMILES string of the molecule is O=C(CN1CCCC1=O)N[C@H](c1ccc(Cl)cc1)c1cccnc1. The van der Waals surface area contributed by atoms with Gasteiger partial charge in [0.05, 0.1) is 12.6 Å². The normalized spacial score (nSPS) is 15.4. The van der Waals surface area contributed by atoms with Crippen LogP contribution in [0.15, 0.2) is 48.8 Å². The van der Waals surface area contributed by atoms with Crippen LogP contribution in [0.5, 0.6) is 0 Å². The van der Waals surface area contributed by atoms with Crippen molar-refractivity contribution in [1.29, 1.82) is 0 Å². The molecule has 1 aliphatic heterocycles. The quantitative estimate of drug-likeness (QED) is 0.907. The maximum absolute atomic E-state index is 12.4. The number of halogens is 1. The van der Waals surface area contributed by atoms with Crippen molar-refractivity contribution in [3.8, 4) is 0 Å². The van der Waals surface area contributed by atoms with E-state index >= 15 is 0 Å². The second-order valence-electron chi connectivity index (χ2n) is 5.76. The highest BCUT2D eigenvalue weighted by Gasteiger charge is 2.24. The molecule has 1 aliphatic rings. The molecule has 1 aromatic carbocycles. The van der Waals surface area contributed by atoms with E-state index in [0.29, 0.717) is 18.0 Å². The highest BCUT2D eigenvalue weighted by molar-refractivity contribution is 6.30. The maximum Gasteiger partial charge on any atom is 0.240 e. The molecule has 0 saturated carbocycles. The number of aromatic nitrogens is 1. The van der Waals surface area contributed by atoms with E-state index in [1.165, 1.54) is 0 Å². The van der Waals surface area contributed by atoms with Crippen LogP contribution in [0, 0.1) is 0 Å². The average molecular weight is 344 g/mol. The van der Waals surface area contributed by atoms with E-state index in [1.807, 2.05) is 24.3 Å². The molecule has 0 radical (unpaired) electrons. The zero-order chi connectivity index (χ0) is 16.9. The van der Waals surface area contributed by atoms with Gasteiger partial charge in [-0.3, -0.25) is 14.6 Å². The van der Waals surface area contributed by atoms with Crippen molar-refractivity contribution in [3.63, 3.8) is 0 Å². The van der Waals surface area contributed by atoms with Crippen molar-refractivity contribution in [3.05, 3.63) is 64.9 Å². The number of rotatable bonds is 5. The number of carbonyl (C=O) groups is 2. The number of hydrogen-bond donors (Lipinski definition) is 1. The van der Waals surface area contributed by atoms with Crippen LogP contribution in [-0.4, -0.2) is 34.8 Å². The zero-order valence-corrected chi connectivity index (χ0v) is 13.9. The van der Waals surface area contributed by atoms with E-state index in [9.17, 15) is 9.59 Å². The number of nitrogens with one attached hydrogen (secondary N) is 1. The lowest BCUT2D eigenvalue weighted by molar-refractivity contribution is -0.133. The molecular weight excluding hydrogens is 326 g/mol. The van der Waals surface area contributed by atoms with Gasteiger partial charge in [-0.05, 0) is 35.7 Å². The molecule has 3 rings (SSSR count). The lowest BCUT2D eigenvalue weighted by Gasteiger charge is -2.22. The molecule has 6 heteroatoms. The molecular formula is C18H18ClN3O2. The van der Waals surface area contributed by atoms with Crippen LogP contribution >= 0.6 is 11.6 Å². The fourth-order valence-electron chi connectivity index (χ4n) is 2.81. The van der Waals surface area contributed by atoms with Crippen LogP contribution in [0.25, 0.3) is 0 Å². The first-order valence-electron chi connectivity index (χ1n) is 7.86. The summed E-state index contributed by atoms with van der Waals surface area (Å²) in [5, 5.41) is 3.64. The largest absolute Gasteiger partial charge is 0.344 e. The molecule has 2 aromatic rings. The summed E-state index contributed by atoms with van der Waals surface area (Å²) in [6, 6.07) is 10.7. The highest BCUT2D eigenvalue weighted by atomic mass is 35.5. The van der Waals surface area contributed by atoms with E-state index in [4.69, 9.17) is 11.6 Å². The highest BCUT2D eigenvalue weighted by Crippen LogP contribution is 2.23. The summed E-state index contributed by atoms with van der Waals surface area (Å²) in [6.07, 6.45) is 4.75. The summed E-state index contributed by atoms with van der Waals surface area (Å²) in [7, 11) is 0. The fraction of sp³-hybridized carbons (Fsp3) is 0.278.